The highest BCUT2D eigenvalue weighted by molar-refractivity contribution is 5.73. The Morgan fingerprint density at radius 1 is 1.03 bits per heavy atom. The molecule has 364 valence electrons. The predicted molar refractivity (Wildman–Crippen MR) is 219 cm³/mol. The first-order chi connectivity index (χ1) is 29.2. The highest BCUT2D eigenvalue weighted by Crippen LogP contribution is 2.45. The fourth-order valence-corrected chi connectivity index (χ4v) is 10.2. The predicted octanol–water partition coefficient (Wildman–Crippen LogP) is 2.13. The van der Waals surface area contributed by atoms with Crippen LogP contribution in [0.15, 0.2) is 6.33 Å². The molecule has 21 heteroatoms. The van der Waals surface area contributed by atoms with Gasteiger partial charge in [-0.1, -0.05) is 20.8 Å². The summed E-state index contributed by atoms with van der Waals surface area (Å²) in [6.07, 6.45) is -15.5. The molecule has 5 heterocycles. The molecule has 4 aliphatic rings. The quantitative estimate of drug-likeness (QED) is 0.167. The number of nitrogens with zero attached hydrogens (tertiary/aromatic N) is 3. The standard InChI is InChI=1S/C42H73F3N6O12/c1-13-28-40(10,55)33(52)25(6)47-17-21(2)15-38(8,54)34(63-36-32-27(14-22(3)58-36)51(11)37(62-32)42(43,44)45)23(4)31(24(5)35(53)60-28)61-30-16-39(9,57-12)41(56,26(7)59-30)19-46-18-29-48-20-49-50-29/h20-28,30-34,36-37,46-47,52,54-56H,13-19H2,1-12H3,(H,48,49,50)/t21-,22-,23+,24-,25-,26+,27+,28-,30+,31+,32-,33-,34-,36+,37?,38-,39-,40-,41+/m1/s1. The number of aromatic nitrogens is 3. The monoisotopic (exact) mass is 911 g/mol. The van der Waals surface area contributed by atoms with Crippen LogP contribution in [0, 0.1) is 17.8 Å². The molecule has 0 bridgehead atoms. The lowest BCUT2D eigenvalue weighted by Gasteiger charge is -2.53. The number of likely N-dealkylation sites (N-methyl/N-ethyl adjacent to an activating group) is 1. The first kappa shape index (κ1) is 51.9. The Labute approximate surface area is 368 Å². The highest BCUT2D eigenvalue weighted by Gasteiger charge is 2.60. The number of ether oxygens (including phenoxy) is 7. The molecule has 0 amide bonds. The van der Waals surface area contributed by atoms with E-state index >= 15 is 0 Å². The number of halogens is 3. The van der Waals surface area contributed by atoms with Gasteiger partial charge in [-0.15, -0.1) is 0 Å². The second-order valence-corrected chi connectivity index (χ2v) is 19.3. The van der Waals surface area contributed by atoms with Crippen LogP contribution in [-0.2, 0) is 44.5 Å². The van der Waals surface area contributed by atoms with Crippen molar-refractivity contribution in [3.8, 4) is 0 Å². The Hall–Kier alpha value is -2.12. The van der Waals surface area contributed by atoms with Gasteiger partial charge < -0.3 is 64.2 Å². The number of nitrogens with one attached hydrogen (secondary N) is 3. The summed E-state index contributed by atoms with van der Waals surface area (Å²) < 4.78 is 86.6. The fraction of sp³-hybridized carbons (Fsp3) is 0.929. The van der Waals surface area contributed by atoms with E-state index in [4.69, 9.17) is 33.2 Å². The minimum Gasteiger partial charge on any atom is -0.459 e. The molecule has 1 unspecified atom stereocenters. The summed E-state index contributed by atoms with van der Waals surface area (Å²) in [6.45, 7) is 17.1. The summed E-state index contributed by atoms with van der Waals surface area (Å²) in [5, 5.41) is 61.0. The third kappa shape index (κ3) is 11.0. The maximum atomic E-state index is 14.4. The number of alkyl halides is 3. The van der Waals surface area contributed by atoms with E-state index in [1.807, 2.05) is 6.92 Å². The molecular formula is C42H73F3N6O12. The third-order valence-corrected chi connectivity index (χ3v) is 14.1. The topological polar surface area (TPSA) is 231 Å². The van der Waals surface area contributed by atoms with Gasteiger partial charge in [-0.25, -0.2) is 4.98 Å². The molecule has 4 aliphatic heterocycles. The number of hydrogen-bond acceptors (Lipinski definition) is 17. The van der Waals surface area contributed by atoms with Crippen LogP contribution in [0.4, 0.5) is 13.2 Å². The number of carbonyl (C=O) groups excluding carboxylic acids is 1. The molecule has 5 rings (SSSR count). The number of cyclic esters (lactones) is 1. The molecule has 1 aromatic heterocycles. The molecule has 0 spiro atoms. The number of rotatable bonds is 10. The van der Waals surface area contributed by atoms with Gasteiger partial charge in [0.1, 0.15) is 47.3 Å². The number of H-pyrrole nitrogens is 1. The van der Waals surface area contributed by atoms with Crippen molar-refractivity contribution in [2.75, 3.05) is 27.2 Å². The van der Waals surface area contributed by atoms with Crippen LogP contribution in [0.3, 0.4) is 0 Å². The van der Waals surface area contributed by atoms with Gasteiger partial charge in [-0.05, 0) is 87.2 Å². The number of carbonyl (C=O) groups is 1. The number of aromatic amines is 1. The zero-order valence-electron chi connectivity index (χ0n) is 38.7. The molecule has 0 aliphatic carbocycles. The number of aliphatic hydroxyl groups is 4. The lowest BCUT2D eigenvalue weighted by molar-refractivity contribution is -0.336. The molecule has 1 aromatic rings. The highest BCUT2D eigenvalue weighted by atomic mass is 19.4. The van der Waals surface area contributed by atoms with Gasteiger partial charge in [0.05, 0.1) is 42.5 Å². The van der Waals surface area contributed by atoms with E-state index in [0.29, 0.717) is 5.82 Å². The maximum absolute atomic E-state index is 14.4. The third-order valence-electron chi connectivity index (χ3n) is 14.1. The van der Waals surface area contributed by atoms with Gasteiger partial charge in [0, 0.05) is 38.1 Å². The zero-order valence-corrected chi connectivity index (χ0v) is 38.7. The van der Waals surface area contributed by atoms with Gasteiger partial charge in [0.15, 0.2) is 12.6 Å². The van der Waals surface area contributed by atoms with Crippen molar-refractivity contribution in [2.24, 2.45) is 17.8 Å². The summed E-state index contributed by atoms with van der Waals surface area (Å²) in [6, 6.07) is -1.43. The fourth-order valence-electron chi connectivity index (χ4n) is 10.2. The van der Waals surface area contributed by atoms with E-state index in [1.54, 1.807) is 55.4 Å². The van der Waals surface area contributed by atoms with E-state index in [0.717, 1.165) is 4.90 Å². The Balaban J connectivity index is 1.55. The van der Waals surface area contributed by atoms with Gasteiger partial charge in [0.25, 0.3) is 0 Å². The minimum atomic E-state index is -4.71. The average molecular weight is 911 g/mol. The van der Waals surface area contributed by atoms with Crippen LogP contribution in [0.2, 0.25) is 0 Å². The van der Waals surface area contributed by atoms with Crippen LogP contribution < -0.4 is 10.6 Å². The van der Waals surface area contributed by atoms with Crippen molar-refractivity contribution in [1.29, 1.82) is 0 Å². The number of aliphatic hydroxyl groups excluding tert-OH is 1. The lowest BCUT2D eigenvalue weighted by atomic mass is 9.75. The molecule has 7 N–H and O–H groups in total. The number of methoxy groups -OCH3 is 1. The van der Waals surface area contributed by atoms with Gasteiger partial charge >= 0.3 is 12.1 Å². The molecular weight excluding hydrogens is 837 g/mol. The minimum absolute atomic E-state index is 0.0114. The largest absolute Gasteiger partial charge is 0.459 e. The van der Waals surface area contributed by atoms with E-state index in [1.165, 1.54) is 27.4 Å². The van der Waals surface area contributed by atoms with E-state index in [2.05, 4.69) is 25.8 Å². The molecule has 0 radical (unpaired) electrons. The van der Waals surface area contributed by atoms with Crippen molar-refractivity contribution in [3.05, 3.63) is 12.2 Å². The van der Waals surface area contributed by atoms with Crippen LogP contribution in [0.25, 0.3) is 0 Å². The first-order valence-electron chi connectivity index (χ1n) is 22.2. The Morgan fingerprint density at radius 2 is 1.71 bits per heavy atom. The summed E-state index contributed by atoms with van der Waals surface area (Å²) >= 11 is 0. The summed E-state index contributed by atoms with van der Waals surface area (Å²) in [4.78, 5) is 19.7. The number of hydrogen-bond donors (Lipinski definition) is 7. The molecule has 0 aromatic carbocycles. The molecule has 0 saturated carbocycles. The van der Waals surface area contributed by atoms with Crippen LogP contribution in [0.5, 0.6) is 0 Å². The van der Waals surface area contributed by atoms with Crippen molar-refractivity contribution >= 4 is 5.97 Å². The Bertz CT molecular complexity index is 1630. The molecule has 4 fully saturated rings. The smallest absolute Gasteiger partial charge is 0.428 e. The normalized spacial score (nSPS) is 46.5. The molecule has 4 saturated heterocycles. The van der Waals surface area contributed by atoms with E-state index in [-0.39, 0.29) is 51.2 Å². The summed E-state index contributed by atoms with van der Waals surface area (Å²) in [7, 11) is 2.80. The zero-order chi connectivity index (χ0) is 47.0. The van der Waals surface area contributed by atoms with Crippen LogP contribution in [-0.4, -0.2) is 176 Å². The SMILES string of the molecule is CC[C@H]1OC(=O)[C@H](C)[C@@H](O[C@H]2C[C@@](C)(OC)[C@](O)(CNCc3ncn[nH]3)[C@H](C)O2)[C@H](C)[C@@H](O[C@@H]2O[C@H](C)C[C@H]3[C@H]2OC(C(F)(F)F)N3C)[C@](C)(O)C[C@@H](C)CN[C@H](C)[C@@H](O)[C@]1(C)O. The van der Waals surface area contributed by atoms with Gasteiger partial charge in [-0.2, -0.15) is 18.3 Å². The van der Waals surface area contributed by atoms with Gasteiger partial charge in [0.2, 0.25) is 6.23 Å². The Morgan fingerprint density at radius 3 is 2.32 bits per heavy atom. The van der Waals surface area contributed by atoms with Crippen molar-refractivity contribution in [2.45, 2.75) is 204 Å². The second kappa shape index (κ2) is 20.0. The number of fused-ring (bicyclic) bond motifs is 1. The van der Waals surface area contributed by atoms with Crippen molar-refractivity contribution < 1.29 is 71.5 Å². The van der Waals surface area contributed by atoms with Crippen molar-refractivity contribution in [3.63, 3.8) is 0 Å². The second-order valence-electron chi connectivity index (χ2n) is 19.3. The maximum Gasteiger partial charge on any atom is 0.428 e. The molecule has 19 atom stereocenters. The lowest BCUT2D eigenvalue weighted by Crippen LogP contribution is -2.70. The molecule has 18 nitrogen and oxygen atoms in total. The Kier molecular flexibility index (Phi) is 16.5. The van der Waals surface area contributed by atoms with Crippen molar-refractivity contribution in [1.82, 2.24) is 30.7 Å². The van der Waals surface area contributed by atoms with Crippen LogP contribution in [0.1, 0.15) is 101 Å². The summed E-state index contributed by atoms with van der Waals surface area (Å²) in [5.74, 6) is -2.71. The average Bonchev–Trinajstić information content (AvgIpc) is 3.85. The number of esters is 1. The van der Waals surface area contributed by atoms with E-state index < -0.39 is 120 Å². The van der Waals surface area contributed by atoms with E-state index in [9.17, 15) is 38.4 Å². The van der Waals surface area contributed by atoms with Gasteiger partial charge in [-0.3, -0.25) is 14.8 Å². The summed E-state index contributed by atoms with van der Waals surface area (Å²) in [5.41, 5.74) is -6.59. The molecule has 63 heavy (non-hydrogen) atoms. The van der Waals surface area contributed by atoms with Crippen LogP contribution >= 0.6 is 0 Å². The first-order valence-corrected chi connectivity index (χ1v) is 22.2.